The van der Waals surface area contributed by atoms with Crippen molar-refractivity contribution in [3.8, 4) is 0 Å². The van der Waals surface area contributed by atoms with E-state index in [-0.39, 0.29) is 22.6 Å². The quantitative estimate of drug-likeness (QED) is 0.380. The molecule has 1 fully saturated rings. The molecule has 0 radical (unpaired) electrons. The van der Waals surface area contributed by atoms with Crippen molar-refractivity contribution in [2.45, 2.75) is 44.9 Å². The van der Waals surface area contributed by atoms with E-state index in [0.29, 0.717) is 24.3 Å². The van der Waals surface area contributed by atoms with E-state index in [2.05, 4.69) is 10.0 Å². The van der Waals surface area contributed by atoms with Gasteiger partial charge in [0.15, 0.2) is 0 Å². The second kappa shape index (κ2) is 10.9. The van der Waals surface area contributed by atoms with E-state index < -0.39 is 27.8 Å². The molecule has 3 aromatic carbocycles. The van der Waals surface area contributed by atoms with Crippen LogP contribution in [0.5, 0.6) is 0 Å². The Morgan fingerprint density at radius 2 is 1.55 bits per heavy atom. The summed E-state index contributed by atoms with van der Waals surface area (Å²) in [6.07, 6.45) is 1.74. The van der Waals surface area contributed by atoms with Crippen molar-refractivity contribution in [1.29, 1.82) is 0 Å². The minimum atomic E-state index is -4.21. The second-order valence-electron chi connectivity index (χ2n) is 9.96. The zero-order valence-electron chi connectivity index (χ0n) is 21.9. The number of rotatable bonds is 10. The van der Waals surface area contributed by atoms with Gasteiger partial charge in [0.2, 0.25) is 17.7 Å². The SMILES string of the molecule is CCN(CC)C(=O)C(Cc1ccc(NC(=O)C2(C)CC2)cc1)C(=O)NS(=O)(=O)c1ccc2ccccc2c1. The molecule has 0 aromatic heterocycles. The largest absolute Gasteiger partial charge is 0.343 e. The van der Waals surface area contributed by atoms with E-state index >= 15 is 0 Å². The molecule has 0 heterocycles. The average molecular weight is 536 g/mol. The van der Waals surface area contributed by atoms with Gasteiger partial charge in [-0.15, -0.1) is 0 Å². The molecular weight excluding hydrogens is 502 g/mol. The first-order valence-electron chi connectivity index (χ1n) is 12.8. The summed E-state index contributed by atoms with van der Waals surface area (Å²) in [4.78, 5) is 40.4. The zero-order chi connectivity index (χ0) is 27.5. The van der Waals surface area contributed by atoms with Crippen LogP contribution in [0.25, 0.3) is 10.8 Å². The van der Waals surface area contributed by atoms with Gasteiger partial charge in [-0.25, -0.2) is 13.1 Å². The number of benzene rings is 3. The van der Waals surface area contributed by atoms with Gasteiger partial charge in [0.1, 0.15) is 5.92 Å². The maximum Gasteiger partial charge on any atom is 0.264 e. The first-order valence-corrected chi connectivity index (χ1v) is 14.3. The molecule has 1 aliphatic carbocycles. The number of hydrogen-bond donors (Lipinski definition) is 2. The van der Waals surface area contributed by atoms with Gasteiger partial charge >= 0.3 is 0 Å². The third kappa shape index (κ3) is 6.05. The molecule has 2 N–H and O–H groups in total. The third-order valence-electron chi connectivity index (χ3n) is 7.16. The number of nitrogens with one attached hydrogen (secondary N) is 2. The number of carbonyl (C=O) groups is 3. The van der Waals surface area contributed by atoms with Crippen molar-refractivity contribution in [2.24, 2.45) is 11.3 Å². The highest BCUT2D eigenvalue weighted by atomic mass is 32.2. The summed E-state index contributed by atoms with van der Waals surface area (Å²) in [5.41, 5.74) is 0.986. The Kier molecular flexibility index (Phi) is 7.87. The molecule has 4 rings (SSSR count). The summed E-state index contributed by atoms with van der Waals surface area (Å²) in [6, 6.07) is 18.9. The summed E-state index contributed by atoms with van der Waals surface area (Å²) in [7, 11) is -4.21. The van der Waals surface area contributed by atoms with E-state index in [1.54, 1.807) is 56.3 Å². The zero-order valence-corrected chi connectivity index (χ0v) is 22.7. The maximum absolute atomic E-state index is 13.3. The molecule has 0 saturated heterocycles. The van der Waals surface area contributed by atoms with Crippen molar-refractivity contribution in [3.05, 3.63) is 72.3 Å². The van der Waals surface area contributed by atoms with Gasteiger partial charge in [0.25, 0.3) is 10.0 Å². The van der Waals surface area contributed by atoms with E-state index in [1.807, 2.05) is 19.1 Å². The molecule has 3 amide bonds. The maximum atomic E-state index is 13.3. The molecule has 0 aliphatic heterocycles. The van der Waals surface area contributed by atoms with Crippen LogP contribution in [-0.4, -0.2) is 44.1 Å². The summed E-state index contributed by atoms with van der Waals surface area (Å²) in [6.45, 7) is 6.31. The molecule has 1 unspecified atom stereocenters. The Morgan fingerprint density at radius 3 is 2.16 bits per heavy atom. The number of anilines is 1. The molecule has 1 saturated carbocycles. The van der Waals surface area contributed by atoms with Crippen molar-refractivity contribution in [3.63, 3.8) is 0 Å². The molecule has 3 aromatic rings. The standard InChI is InChI=1S/C29H33N3O5S/c1-4-32(5-2)27(34)25(18-20-10-13-23(14-11-20)30-28(35)29(3)16-17-29)26(33)31-38(36,37)24-15-12-21-8-6-7-9-22(21)19-24/h6-15,19,25H,4-5,16-18H2,1-3H3,(H,30,35)(H,31,33). The monoisotopic (exact) mass is 535 g/mol. The van der Waals surface area contributed by atoms with Gasteiger partial charge in [-0.3, -0.25) is 14.4 Å². The van der Waals surface area contributed by atoms with Crippen LogP contribution in [-0.2, 0) is 30.8 Å². The minimum Gasteiger partial charge on any atom is -0.343 e. The Balaban J connectivity index is 1.54. The van der Waals surface area contributed by atoms with Crippen LogP contribution < -0.4 is 10.0 Å². The number of nitrogens with zero attached hydrogens (tertiary/aromatic N) is 1. The Bertz CT molecular complexity index is 1460. The van der Waals surface area contributed by atoms with Crippen LogP contribution in [0.2, 0.25) is 0 Å². The van der Waals surface area contributed by atoms with Crippen molar-refractivity contribution in [1.82, 2.24) is 9.62 Å². The van der Waals surface area contributed by atoms with Crippen LogP contribution >= 0.6 is 0 Å². The Labute approximate surface area is 223 Å². The highest BCUT2D eigenvalue weighted by Gasteiger charge is 2.44. The third-order valence-corrected chi connectivity index (χ3v) is 8.50. The predicted molar refractivity (Wildman–Crippen MR) is 147 cm³/mol. The number of sulfonamides is 1. The molecule has 9 heteroatoms. The van der Waals surface area contributed by atoms with E-state index in [4.69, 9.17) is 0 Å². The van der Waals surface area contributed by atoms with Gasteiger partial charge in [-0.2, -0.15) is 0 Å². The molecule has 1 atom stereocenters. The van der Waals surface area contributed by atoms with Gasteiger partial charge in [-0.05, 0) is 73.7 Å². The Hall–Kier alpha value is -3.72. The predicted octanol–water partition coefficient (Wildman–Crippen LogP) is 4.11. The van der Waals surface area contributed by atoms with Crippen LogP contribution in [0, 0.1) is 11.3 Å². The lowest BCUT2D eigenvalue weighted by atomic mass is 9.97. The number of amides is 3. The lowest BCUT2D eigenvalue weighted by Crippen LogP contribution is -2.46. The van der Waals surface area contributed by atoms with Crippen LogP contribution in [0.4, 0.5) is 5.69 Å². The average Bonchev–Trinajstić information content (AvgIpc) is 3.66. The molecule has 0 spiro atoms. The van der Waals surface area contributed by atoms with Crippen LogP contribution in [0.3, 0.4) is 0 Å². The summed E-state index contributed by atoms with van der Waals surface area (Å²) < 4.78 is 28.4. The molecule has 38 heavy (non-hydrogen) atoms. The summed E-state index contributed by atoms with van der Waals surface area (Å²) in [5.74, 6) is -2.59. The fourth-order valence-electron chi connectivity index (χ4n) is 4.30. The lowest BCUT2D eigenvalue weighted by Gasteiger charge is -2.25. The molecule has 1 aliphatic rings. The first kappa shape index (κ1) is 27.3. The highest BCUT2D eigenvalue weighted by molar-refractivity contribution is 7.90. The normalized spacial score (nSPS) is 14.9. The minimum absolute atomic E-state index is 0.0142. The van der Waals surface area contributed by atoms with Gasteiger partial charge in [0.05, 0.1) is 4.90 Å². The fourth-order valence-corrected chi connectivity index (χ4v) is 5.36. The topological polar surface area (TPSA) is 113 Å². The van der Waals surface area contributed by atoms with E-state index in [0.717, 1.165) is 23.6 Å². The molecule has 0 bridgehead atoms. The van der Waals surface area contributed by atoms with Crippen LogP contribution in [0.1, 0.15) is 39.2 Å². The van der Waals surface area contributed by atoms with Gasteiger partial charge in [-0.1, -0.05) is 49.4 Å². The van der Waals surface area contributed by atoms with E-state index in [9.17, 15) is 22.8 Å². The highest BCUT2D eigenvalue weighted by Crippen LogP contribution is 2.45. The van der Waals surface area contributed by atoms with Crippen molar-refractivity contribution in [2.75, 3.05) is 18.4 Å². The summed E-state index contributed by atoms with van der Waals surface area (Å²) in [5, 5.41) is 4.49. The smallest absolute Gasteiger partial charge is 0.264 e. The molecule has 200 valence electrons. The van der Waals surface area contributed by atoms with Gasteiger partial charge in [0, 0.05) is 24.2 Å². The van der Waals surface area contributed by atoms with Gasteiger partial charge < -0.3 is 10.2 Å². The van der Waals surface area contributed by atoms with Crippen LogP contribution in [0.15, 0.2) is 71.6 Å². The van der Waals surface area contributed by atoms with Crippen molar-refractivity contribution < 1.29 is 22.8 Å². The van der Waals surface area contributed by atoms with E-state index in [1.165, 1.54) is 17.0 Å². The molecule has 8 nitrogen and oxygen atoms in total. The first-order chi connectivity index (χ1) is 18.1. The van der Waals surface area contributed by atoms with Crippen molar-refractivity contribution >= 4 is 44.2 Å². The number of carbonyl (C=O) groups excluding carboxylic acids is 3. The number of fused-ring (bicyclic) bond motifs is 1. The summed E-state index contributed by atoms with van der Waals surface area (Å²) >= 11 is 0. The lowest BCUT2D eigenvalue weighted by molar-refractivity contribution is -0.141. The fraction of sp³-hybridized carbons (Fsp3) is 0.345. The molecular formula is C29H33N3O5S. The number of hydrogen-bond acceptors (Lipinski definition) is 5. The Morgan fingerprint density at radius 1 is 0.921 bits per heavy atom. The second-order valence-corrected chi connectivity index (χ2v) is 11.6.